The molecule has 0 saturated heterocycles. The Labute approximate surface area is 78.3 Å². The van der Waals surface area contributed by atoms with Crippen molar-refractivity contribution >= 4 is 21.9 Å². The predicted molar refractivity (Wildman–Crippen MR) is 48.5 cm³/mol. The van der Waals surface area contributed by atoms with Crippen molar-refractivity contribution in [2.45, 2.75) is 12.8 Å². The van der Waals surface area contributed by atoms with E-state index in [0.29, 0.717) is 5.56 Å². The summed E-state index contributed by atoms with van der Waals surface area (Å²) >= 11 is 3.39. The summed E-state index contributed by atoms with van der Waals surface area (Å²) in [6, 6.07) is 3.46. The first-order valence-electron chi connectivity index (χ1n) is 3.73. The van der Waals surface area contributed by atoms with Gasteiger partial charge in [0.2, 0.25) is 0 Å². The summed E-state index contributed by atoms with van der Waals surface area (Å²) in [5.41, 5.74) is 2.62. The van der Waals surface area contributed by atoms with Crippen molar-refractivity contribution in [2.75, 3.05) is 0 Å². The maximum absolute atomic E-state index is 10.7. The van der Waals surface area contributed by atoms with Gasteiger partial charge in [0.1, 0.15) is 0 Å². The molecule has 0 fully saturated rings. The fourth-order valence-corrected chi connectivity index (χ4v) is 2.06. The smallest absolute Gasteiger partial charge is 0.335 e. The lowest BCUT2D eigenvalue weighted by atomic mass is 9.85. The van der Waals surface area contributed by atoms with Crippen molar-refractivity contribution in [2.24, 2.45) is 0 Å². The number of benzene rings is 1. The minimum Gasteiger partial charge on any atom is -0.478 e. The molecule has 0 radical (unpaired) electrons. The lowest BCUT2D eigenvalue weighted by molar-refractivity contribution is 0.0695. The van der Waals surface area contributed by atoms with Crippen LogP contribution in [-0.4, -0.2) is 11.1 Å². The minimum absolute atomic E-state index is 0.458. The third kappa shape index (κ3) is 0.966. The Hall–Kier alpha value is -0.830. The second-order valence-electron chi connectivity index (χ2n) is 2.86. The molecule has 0 heterocycles. The van der Waals surface area contributed by atoms with Crippen LogP contribution in [0.3, 0.4) is 0 Å². The standard InChI is InChI=1S/C9H7BrO2/c10-8-4-3-7(9(11)12)5-1-2-6(5)8/h3-4H,1-2H2,(H,11,12). The molecule has 1 N–H and O–H groups in total. The highest BCUT2D eigenvalue weighted by atomic mass is 79.9. The summed E-state index contributed by atoms with van der Waals surface area (Å²) in [7, 11) is 0. The molecule has 62 valence electrons. The van der Waals surface area contributed by atoms with E-state index in [1.807, 2.05) is 0 Å². The summed E-state index contributed by atoms with van der Waals surface area (Å²) in [5.74, 6) is -0.821. The zero-order valence-corrected chi connectivity index (χ0v) is 7.89. The third-order valence-electron chi connectivity index (χ3n) is 2.23. The van der Waals surface area contributed by atoms with Gasteiger partial charge in [0.05, 0.1) is 5.56 Å². The van der Waals surface area contributed by atoms with Crippen molar-refractivity contribution < 1.29 is 9.90 Å². The van der Waals surface area contributed by atoms with Crippen LogP contribution in [0.4, 0.5) is 0 Å². The molecule has 3 heteroatoms. The van der Waals surface area contributed by atoms with E-state index in [0.717, 1.165) is 28.4 Å². The third-order valence-corrected chi connectivity index (χ3v) is 2.97. The molecule has 1 aromatic rings. The Kier molecular flexibility index (Phi) is 1.68. The summed E-state index contributed by atoms with van der Waals surface area (Å²) in [6.45, 7) is 0. The van der Waals surface area contributed by atoms with Crippen molar-refractivity contribution in [3.8, 4) is 0 Å². The first-order valence-corrected chi connectivity index (χ1v) is 4.53. The topological polar surface area (TPSA) is 37.3 Å². The van der Waals surface area contributed by atoms with Crippen molar-refractivity contribution in [1.82, 2.24) is 0 Å². The number of carbonyl (C=O) groups is 1. The van der Waals surface area contributed by atoms with Crippen LogP contribution in [0.25, 0.3) is 0 Å². The van der Waals surface area contributed by atoms with Gasteiger partial charge in [-0.05, 0) is 36.1 Å². The van der Waals surface area contributed by atoms with E-state index in [1.54, 1.807) is 12.1 Å². The number of halogens is 1. The average Bonchev–Trinajstić information content (AvgIpc) is 1.92. The van der Waals surface area contributed by atoms with Crippen LogP contribution in [-0.2, 0) is 12.8 Å². The molecule has 0 atom stereocenters. The highest BCUT2D eigenvalue weighted by Gasteiger charge is 2.22. The number of carboxylic acids is 1. The SMILES string of the molecule is O=C(O)c1ccc(Br)c2c1CC2. The molecular formula is C9H7BrO2. The van der Waals surface area contributed by atoms with Crippen molar-refractivity contribution in [1.29, 1.82) is 0 Å². The summed E-state index contributed by atoms with van der Waals surface area (Å²) in [4.78, 5) is 10.7. The lowest BCUT2D eigenvalue weighted by Crippen LogP contribution is -2.15. The van der Waals surface area contributed by atoms with E-state index in [4.69, 9.17) is 5.11 Å². The maximum atomic E-state index is 10.7. The molecule has 0 aliphatic heterocycles. The van der Waals surface area contributed by atoms with Crippen LogP contribution in [0.2, 0.25) is 0 Å². The molecule has 0 bridgehead atoms. The molecule has 1 aliphatic carbocycles. The monoisotopic (exact) mass is 226 g/mol. The summed E-state index contributed by atoms with van der Waals surface area (Å²) in [6.07, 6.45) is 1.90. The highest BCUT2D eigenvalue weighted by Crippen LogP contribution is 2.32. The van der Waals surface area contributed by atoms with Gasteiger partial charge in [0, 0.05) is 4.47 Å². The van der Waals surface area contributed by atoms with E-state index in [2.05, 4.69) is 15.9 Å². The zero-order valence-electron chi connectivity index (χ0n) is 6.30. The Morgan fingerprint density at radius 3 is 2.50 bits per heavy atom. The lowest BCUT2D eigenvalue weighted by Gasteiger charge is -2.22. The Bertz CT molecular complexity index is 358. The second kappa shape index (κ2) is 2.59. The molecule has 0 amide bonds. The van der Waals surface area contributed by atoms with Crippen LogP contribution in [0.1, 0.15) is 21.5 Å². The van der Waals surface area contributed by atoms with Crippen LogP contribution < -0.4 is 0 Å². The molecule has 0 unspecified atom stereocenters. The molecule has 2 rings (SSSR count). The highest BCUT2D eigenvalue weighted by molar-refractivity contribution is 9.10. The van der Waals surface area contributed by atoms with E-state index in [9.17, 15) is 4.79 Å². The summed E-state index contributed by atoms with van der Waals surface area (Å²) < 4.78 is 1.04. The van der Waals surface area contributed by atoms with Gasteiger partial charge < -0.3 is 5.11 Å². The normalized spacial score (nSPS) is 13.4. The fourth-order valence-electron chi connectivity index (χ4n) is 1.49. The van der Waals surface area contributed by atoms with Crippen LogP contribution in [0.15, 0.2) is 16.6 Å². The maximum Gasteiger partial charge on any atom is 0.335 e. The average molecular weight is 227 g/mol. The van der Waals surface area contributed by atoms with Gasteiger partial charge in [-0.15, -0.1) is 0 Å². The molecular weight excluding hydrogens is 220 g/mol. The summed E-state index contributed by atoms with van der Waals surface area (Å²) in [5, 5.41) is 8.80. The van der Waals surface area contributed by atoms with Crippen molar-refractivity contribution in [3.05, 3.63) is 33.3 Å². The van der Waals surface area contributed by atoms with E-state index >= 15 is 0 Å². The van der Waals surface area contributed by atoms with Gasteiger partial charge in [-0.25, -0.2) is 4.79 Å². The first kappa shape index (κ1) is 7.80. The largest absolute Gasteiger partial charge is 0.478 e. The van der Waals surface area contributed by atoms with Crippen LogP contribution in [0, 0.1) is 0 Å². The van der Waals surface area contributed by atoms with Crippen LogP contribution >= 0.6 is 15.9 Å². The Morgan fingerprint density at radius 1 is 1.33 bits per heavy atom. The zero-order chi connectivity index (χ0) is 8.72. The first-order chi connectivity index (χ1) is 5.70. The number of hydrogen-bond donors (Lipinski definition) is 1. The molecule has 0 spiro atoms. The fraction of sp³-hybridized carbons (Fsp3) is 0.222. The predicted octanol–water partition coefficient (Wildman–Crippen LogP) is 2.25. The van der Waals surface area contributed by atoms with Gasteiger partial charge in [0.15, 0.2) is 0 Å². The molecule has 0 saturated carbocycles. The van der Waals surface area contributed by atoms with Crippen molar-refractivity contribution in [3.63, 3.8) is 0 Å². The molecule has 1 aromatic carbocycles. The Morgan fingerprint density at radius 2 is 2.00 bits per heavy atom. The van der Waals surface area contributed by atoms with Gasteiger partial charge in [-0.3, -0.25) is 0 Å². The molecule has 2 nitrogen and oxygen atoms in total. The van der Waals surface area contributed by atoms with Gasteiger partial charge >= 0.3 is 5.97 Å². The van der Waals surface area contributed by atoms with Crippen LogP contribution in [0.5, 0.6) is 0 Å². The number of carboxylic acid groups (broad SMARTS) is 1. The number of rotatable bonds is 1. The van der Waals surface area contributed by atoms with Gasteiger partial charge in [-0.1, -0.05) is 15.9 Å². The number of fused-ring (bicyclic) bond motifs is 1. The Balaban J connectivity index is 2.60. The molecule has 12 heavy (non-hydrogen) atoms. The number of aromatic carboxylic acids is 1. The second-order valence-corrected chi connectivity index (χ2v) is 3.71. The minimum atomic E-state index is -0.821. The molecule has 1 aliphatic rings. The number of hydrogen-bond acceptors (Lipinski definition) is 1. The van der Waals surface area contributed by atoms with E-state index in [1.165, 1.54) is 0 Å². The van der Waals surface area contributed by atoms with Gasteiger partial charge in [0.25, 0.3) is 0 Å². The molecule has 0 aromatic heterocycles. The van der Waals surface area contributed by atoms with Gasteiger partial charge in [-0.2, -0.15) is 0 Å². The van der Waals surface area contributed by atoms with E-state index < -0.39 is 5.97 Å². The van der Waals surface area contributed by atoms with E-state index in [-0.39, 0.29) is 0 Å². The quantitative estimate of drug-likeness (QED) is 0.798.